The number of carbonyl (C=O) groups excluding carboxylic acids is 1. The zero-order valence-electron chi connectivity index (χ0n) is 20.7. The molecule has 0 bridgehead atoms. The van der Waals surface area contributed by atoms with Crippen LogP contribution in [0, 0.1) is 5.82 Å². The number of benzene rings is 2. The number of rotatable bonds is 13. The minimum absolute atomic E-state index is 0.0252. The molecule has 0 amide bonds. The third-order valence-electron chi connectivity index (χ3n) is 5.34. The summed E-state index contributed by atoms with van der Waals surface area (Å²) >= 11 is 0. The van der Waals surface area contributed by atoms with E-state index < -0.39 is 18.2 Å². The van der Waals surface area contributed by atoms with Crippen LogP contribution in [0.15, 0.2) is 36.4 Å². The van der Waals surface area contributed by atoms with Gasteiger partial charge in [0.1, 0.15) is 12.4 Å². The Morgan fingerprint density at radius 2 is 1.86 bits per heavy atom. The summed E-state index contributed by atoms with van der Waals surface area (Å²) in [5.74, 6) is -0.0152. The predicted molar refractivity (Wildman–Crippen MR) is 132 cm³/mol. The Labute approximate surface area is 205 Å². The maximum absolute atomic E-state index is 13.7. The Balaban J connectivity index is 2.54. The molecule has 192 valence electrons. The van der Waals surface area contributed by atoms with Crippen molar-refractivity contribution in [2.75, 3.05) is 26.9 Å². The first-order valence-electron chi connectivity index (χ1n) is 11.7. The van der Waals surface area contributed by atoms with Crippen LogP contribution in [0.4, 0.5) is 4.39 Å². The van der Waals surface area contributed by atoms with Crippen LogP contribution in [0.2, 0.25) is 0 Å². The van der Waals surface area contributed by atoms with Crippen LogP contribution >= 0.6 is 0 Å². The summed E-state index contributed by atoms with van der Waals surface area (Å²) in [5.41, 5.74) is 2.90. The number of aliphatic hydroxyl groups excluding tert-OH is 3. The second kappa shape index (κ2) is 13.8. The molecule has 0 aliphatic carbocycles. The lowest BCUT2D eigenvalue weighted by Crippen LogP contribution is -2.20. The van der Waals surface area contributed by atoms with E-state index in [1.807, 2.05) is 19.9 Å². The third kappa shape index (κ3) is 8.06. The lowest BCUT2D eigenvalue weighted by molar-refractivity contribution is -0.145. The van der Waals surface area contributed by atoms with Crippen molar-refractivity contribution >= 4 is 12.0 Å². The molecule has 0 aromatic heterocycles. The molecule has 0 fully saturated rings. The highest BCUT2D eigenvalue weighted by Crippen LogP contribution is 2.45. The molecule has 8 heteroatoms. The molecule has 2 unspecified atom stereocenters. The molecule has 0 aliphatic heterocycles. The monoisotopic (exact) mass is 490 g/mol. The minimum Gasteiger partial charge on any atom is -0.493 e. The number of hydrogen-bond donors (Lipinski definition) is 3. The van der Waals surface area contributed by atoms with Gasteiger partial charge in [-0.15, -0.1) is 0 Å². The van der Waals surface area contributed by atoms with Crippen molar-refractivity contribution in [1.82, 2.24) is 0 Å². The van der Waals surface area contributed by atoms with Crippen LogP contribution in [0.3, 0.4) is 0 Å². The summed E-state index contributed by atoms with van der Waals surface area (Å²) in [6, 6.07) is 7.77. The predicted octanol–water partition coefficient (Wildman–Crippen LogP) is 4.07. The molecule has 3 N–H and O–H groups in total. The summed E-state index contributed by atoms with van der Waals surface area (Å²) in [4.78, 5) is 11.6. The van der Waals surface area contributed by atoms with Crippen LogP contribution in [0.1, 0.15) is 50.7 Å². The zero-order chi connectivity index (χ0) is 26.0. The standard InChI is InChI=1S/C27H35FO7/c1-5-34-25(32)15-21(31)14-20(30)10-11-22-23(17(2)3)16-24(33-4)27(35-13-12-29)26(22)18-6-8-19(28)9-7-18/h6-11,16-17,20-21,29-31H,5,12-15H2,1-4H3/b11-10+. The van der Waals surface area contributed by atoms with Crippen molar-refractivity contribution < 1.29 is 38.7 Å². The first-order valence-corrected chi connectivity index (χ1v) is 11.7. The van der Waals surface area contributed by atoms with E-state index in [-0.39, 0.29) is 44.4 Å². The molecule has 2 aromatic carbocycles. The summed E-state index contributed by atoms with van der Waals surface area (Å²) < 4.78 is 29.9. The van der Waals surface area contributed by atoms with Crippen LogP contribution in [-0.4, -0.2) is 60.4 Å². The number of ether oxygens (including phenoxy) is 3. The molecule has 2 aromatic rings. The molecule has 0 saturated carbocycles. The average molecular weight is 491 g/mol. The fourth-order valence-corrected chi connectivity index (χ4v) is 3.74. The molecule has 0 radical (unpaired) electrons. The van der Waals surface area contributed by atoms with Crippen LogP contribution in [0.25, 0.3) is 17.2 Å². The summed E-state index contributed by atoms with van der Waals surface area (Å²) in [7, 11) is 1.52. The van der Waals surface area contributed by atoms with Gasteiger partial charge in [-0.25, -0.2) is 4.39 Å². The van der Waals surface area contributed by atoms with Gasteiger partial charge >= 0.3 is 5.97 Å². The van der Waals surface area contributed by atoms with E-state index in [0.717, 1.165) is 11.1 Å². The summed E-state index contributed by atoms with van der Waals surface area (Å²) in [5, 5.41) is 30.0. The van der Waals surface area contributed by atoms with E-state index in [4.69, 9.17) is 14.2 Å². The molecule has 0 saturated heterocycles. The van der Waals surface area contributed by atoms with Crippen molar-refractivity contribution in [3.8, 4) is 22.6 Å². The fraction of sp³-hybridized carbons (Fsp3) is 0.444. The Kier molecular flexibility index (Phi) is 11.2. The van der Waals surface area contributed by atoms with Gasteiger partial charge in [0.2, 0.25) is 0 Å². The number of methoxy groups -OCH3 is 1. The highest BCUT2D eigenvalue weighted by atomic mass is 19.1. The van der Waals surface area contributed by atoms with Gasteiger partial charge in [0.15, 0.2) is 11.5 Å². The molecule has 0 spiro atoms. The first-order chi connectivity index (χ1) is 16.7. The zero-order valence-corrected chi connectivity index (χ0v) is 20.7. The van der Waals surface area contributed by atoms with Gasteiger partial charge in [-0.2, -0.15) is 0 Å². The molecular formula is C27H35FO7. The Morgan fingerprint density at radius 3 is 2.43 bits per heavy atom. The molecular weight excluding hydrogens is 455 g/mol. The van der Waals surface area contributed by atoms with Crippen LogP contribution in [-0.2, 0) is 9.53 Å². The van der Waals surface area contributed by atoms with Crippen molar-refractivity contribution in [3.63, 3.8) is 0 Å². The van der Waals surface area contributed by atoms with Crippen LogP contribution < -0.4 is 9.47 Å². The first kappa shape index (κ1) is 28.3. The number of hydrogen-bond acceptors (Lipinski definition) is 7. The maximum Gasteiger partial charge on any atom is 0.308 e. The highest BCUT2D eigenvalue weighted by Gasteiger charge is 2.22. The van der Waals surface area contributed by atoms with Gasteiger partial charge in [-0.1, -0.05) is 38.1 Å². The SMILES string of the molecule is CCOC(=O)CC(O)CC(O)/C=C/c1c(C(C)C)cc(OC)c(OCCO)c1-c1ccc(F)cc1. The second-order valence-electron chi connectivity index (χ2n) is 8.34. The molecule has 7 nitrogen and oxygen atoms in total. The van der Waals surface area contributed by atoms with Crippen molar-refractivity contribution in [2.24, 2.45) is 0 Å². The number of halogens is 1. The van der Waals surface area contributed by atoms with Gasteiger partial charge < -0.3 is 29.5 Å². The Bertz CT molecular complexity index is 986. The summed E-state index contributed by atoms with van der Waals surface area (Å²) in [6.07, 6.45) is 0.894. The molecule has 35 heavy (non-hydrogen) atoms. The number of esters is 1. The Morgan fingerprint density at radius 1 is 1.17 bits per heavy atom. The normalized spacial score (nSPS) is 13.2. The maximum atomic E-state index is 13.7. The van der Waals surface area contributed by atoms with Crippen molar-refractivity contribution in [3.05, 3.63) is 53.4 Å². The van der Waals surface area contributed by atoms with Crippen molar-refractivity contribution in [2.45, 2.75) is 51.7 Å². The van der Waals surface area contributed by atoms with Gasteiger partial charge in [-0.3, -0.25) is 4.79 Å². The lowest BCUT2D eigenvalue weighted by Gasteiger charge is -2.22. The highest BCUT2D eigenvalue weighted by molar-refractivity contribution is 5.85. The molecule has 0 aliphatic rings. The van der Waals surface area contributed by atoms with Gasteiger partial charge in [0, 0.05) is 12.0 Å². The Hall–Kier alpha value is -2.94. The smallest absolute Gasteiger partial charge is 0.308 e. The number of aliphatic hydroxyl groups is 3. The summed E-state index contributed by atoms with van der Waals surface area (Å²) in [6.45, 7) is 5.73. The average Bonchev–Trinajstić information content (AvgIpc) is 2.81. The number of carbonyl (C=O) groups is 1. The van der Waals surface area contributed by atoms with Gasteiger partial charge in [-0.05, 0) is 47.7 Å². The minimum atomic E-state index is -1.06. The van der Waals surface area contributed by atoms with Crippen LogP contribution in [0.5, 0.6) is 11.5 Å². The van der Waals surface area contributed by atoms with Crippen molar-refractivity contribution in [1.29, 1.82) is 0 Å². The second-order valence-corrected chi connectivity index (χ2v) is 8.34. The fourth-order valence-electron chi connectivity index (χ4n) is 3.74. The lowest BCUT2D eigenvalue weighted by atomic mass is 9.88. The largest absolute Gasteiger partial charge is 0.493 e. The molecule has 2 atom stereocenters. The van der Waals surface area contributed by atoms with E-state index in [1.54, 1.807) is 25.1 Å². The quantitative estimate of drug-likeness (QED) is 0.364. The third-order valence-corrected chi connectivity index (χ3v) is 5.34. The molecule has 0 heterocycles. The van der Waals surface area contributed by atoms with E-state index in [1.165, 1.54) is 25.3 Å². The van der Waals surface area contributed by atoms with Gasteiger partial charge in [0.25, 0.3) is 0 Å². The van der Waals surface area contributed by atoms with E-state index in [9.17, 15) is 24.5 Å². The topological polar surface area (TPSA) is 105 Å². The van der Waals surface area contributed by atoms with Gasteiger partial charge in [0.05, 0.1) is 39.0 Å². The molecule has 2 rings (SSSR count). The van der Waals surface area contributed by atoms with E-state index in [0.29, 0.717) is 22.6 Å². The van der Waals surface area contributed by atoms with E-state index >= 15 is 0 Å². The van der Waals surface area contributed by atoms with E-state index in [2.05, 4.69) is 0 Å².